The lowest BCUT2D eigenvalue weighted by Crippen LogP contribution is -2.51. The first-order valence-electron chi connectivity index (χ1n) is 7.34. The minimum Gasteiger partial charge on any atom is -0.444 e. The van der Waals surface area contributed by atoms with Gasteiger partial charge in [-0.3, -0.25) is 0 Å². The summed E-state index contributed by atoms with van der Waals surface area (Å²) in [5.41, 5.74) is 0.182. The number of carbonyl (C=O) groups is 1. The van der Waals surface area contributed by atoms with Gasteiger partial charge in [0.15, 0.2) is 0 Å². The predicted octanol–water partition coefficient (Wildman–Crippen LogP) is 3.82. The summed E-state index contributed by atoms with van der Waals surface area (Å²) in [5.74, 6) is 0.901. The summed E-state index contributed by atoms with van der Waals surface area (Å²) in [6.07, 6.45) is 6.27. The highest BCUT2D eigenvalue weighted by molar-refractivity contribution is 5.68. The van der Waals surface area contributed by atoms with Crippen LogP contribution >= 0.6 is 0 Å². The molecular formula is C15H27NO2. The first-order chi connectivity index (χ1) is 8.36. The Kier molecular flexibility index (Phi) is 3.61. The number of rotatable bonds is 1. The zero-order valence-corrected chi connectivity index (χ0v) is 12.3. The van der Waals surface area contributed by atoms with Gasteiger partial charge >= 0.3 is 6.09 Å². The van der Waals surface area contributed by atoms with Crippen molar-refractivity contribution in [3.63, 3.8) is 0 Å². The van der Waals surface area contributed by atoms with E-state index in [-0.39, 0.29) is 11.7 Å². The SMILES string of the molecule is CCC1CCC12CCN(C(=O)OC(C)(C)C)CC2. The molecule has 0 N–H and O–H groups in total. The standard InChI is InChI=1S/C15H27NO2/c1-5-12-6-7-15(12)8-10-16(11-9-15)13(17)18-14(2,3)4/h12H,5-11H2,1-4H3. The van der Waals surface area contributed by atoms with E-state index >= 15 is 0 Å². The number of hydrogen-bond acceptors (Lipinski definition) is 2. The maximum Gasteiger partial charge on any atom is 0.410 e. The van der Waals surface area contributed by atoms with Gasteiger partial charge < -0.3 is 9.64 Å². The van der Waals surface area contributed by atoms with Crippen LogP contribution < -0.4 is 0 Å². The molecular weight excluding hydrogens is 226 g/mol. The smallest absolute Gasteiger partial charge is 0.410 e. The van der Waals surface area contributed by atoms with E-state index in [0.717, 1.165) is 19.0 Å². The molecule has 0 aromatic rings. The molecule has 0 aromatic heterocycles. The van der Waals surface area contributed by atoms with Gasteiger partial charge in [-0.2, -0.15) is 0 Å². The van der Waals surface area contributed by atoms with Crippen molar-refractivity contribution in [3.05, 3.63) is 0 Å². The molecule has 1 heterocycles. The van der Waals surface area contributed by atoms with Crippen molar-refractivity contribution in [2.24, 2.45) is 11.3 Å². The van der Waals surface area contributed by atoms with Gasteiger partial charge in [0.25, 0.3) is 0 Å². The maximum absolute atomic E-state index is 12.0. The van der Waals surface area contributed by atoms with E-state index in [0.29, 0.717) is 5.41 Å². The van der Waals surface area contributed by atoms with Gasteiger partial charge in [0.2, 0.25) is 0 Å². The molecule has 1 amide bonds. The van der Waals surface area contributed by atoms with Crippen LogP contribution in [0.2, 0.25) is 0 Å². The molecule has 0 aromatic carbocycles. The second-order valence-corrected chi connectivity index (χ2v) is 6.97. The quantitative estimate of drug-likeness (QED) is 0.711. The van der Waals surface area contributed by atoms with Crippen molar-refractivity contribution in [1.29, 1.82) is 0 Å². The first-order valence-corrected chi connectivity index (χ1v) is 7.34. The van der Waals surface area contributed by atoms with E-state index in [9.17, 15) is 4.79 Å². The van der Waals surface area contributed by atoms with Crippen molar-refractivity contribution in [2.75, 3.05) is 13.1 Å². The molecule has 3 heteroatoms. The molecule has 1 spiro atoms. The maximum atomic E-state index is 12.0. The number of nitrogens with zero attached hydrogens (tertiary/aromatic N) is 1. The average molecular weight is 253 g/mol. The molecule has 104 valence electrons. The molecule has 1 aliphatic heterocycles. The predicted molar refractivity (Wildman–Crippen MR) is 72.5 cm³/mol. The second kappa shape index (κ2) is 4.75. The lowest BCUT2D eigenvalue weighted by molar-refractivity contribution is -0.0434. The van der Waals surface area contributed by atoms with Crippen LogP contribution in [0.3, 0.4) is 0 Å². The Morgan fingerprint density at radius 3 is 2.28 bits per heavy atom. The Morgan fingerprint density at radius 1 is 1.28 bits per heavy atom. The fraction of sp³-hybridized carbons (Fsp3) is 0.933. The molecule has 2 aliphatic rings. The van der Waals surface area contributed by atoms with Gasteiger partial charge in [-0.05, 0) is 57.8 Å². The van der Waals surface area contributed by atoms with Gasteiger partial charge in [0.05, 0.1) is 0 Å². The number of ether oxygens (including phenoxy) is 1. The summed E-state index contributed by atoms with van der Waals surface area (Å²) in [7, 11) is 0. The van der Waals surface area contributed by atoms with Crippen molar-refractivity contribution in [2.45, 2.75) is 65.4 Å². The molecule has 18 heavy (non-hydrogen) atoms. The summed E-state index contributed by atoms with van der Waals surface area (Å²) in [6.45, 7) is 9.84. The average Bonchev–Trinajstić information content (AvgIpc) is 2.26. The van der Waals surface area contributed by atoms with Gasteiger partial charge in [-0.1, -0.05) is 13.3 Å². The summed E-state index contributed by atoms with van der Waals surface area (Å²) < 4.78 is 5.44. The van der Waals surface area contributed by atoms with E-state index in [1.54, 1.807) is 0 Å². The minimum atomic E-state index is -0.380. The molecule has 1 aliphatic carbocycles. The topological polar surface area (TPSA) is 29.5 Å². The molecule has 1 saturated heterocycles. The van der Waals surface area contributed by atoms with Crippen LogP contribution in [0.1, 0.15) is 59.8 Å². The van der Waals surface area contributed by atoms with Gasteiger partial charge in [0.1, 0.15) is 5.60 Å². The van der Waals surface area contributed by atoms with E-state index in [1.165, 1.54) is 32.1 Å². The van der Waals surface area contributed by atoms with Crippen LogP contribution in [0.5, 0.6) is 0 Å². The highest BCUT2D eigenvalue weighted by Crippen LogP contribution is 2.54. The van der Waals surface area contributed by atoms with Gasteiger partial charge in [-0.25, -0.2) is 4.79 Å². The molecule has 1 atom stereocenters. The Hall–Kier alpha value is -0.730. The minimum absolute atomic E-state index is 0.135. The Balaban J connectivity index is 1.85. The first kappa shape index (κ1) is 13.7. The number of amides is 1. The molecule has 1 saturated carbocycles. The number of piperidine rings is 1. The third kappa shape index (κ3) is 2.65. The summed E-state index contributed by atoms with van der Waals surface area (Å²) in [6, 6.07) is 0. The van der Waals surface area contributed by atoms with Crippen LogP contribution in [0.25, 0.3) is 0 Å². The van der Waals surface area contributed by atoms with Crippen LogP contribution in [0, 0.1) is 11.3 Å². The van der Waals surface area contributed by atoms with E-state index in [4.69, 9.17) is 4.74 Å². The van der Waals surface area contributed by atoms with Crippen LogP contribution in [-0.4, -0.2) is 29.7 Å². The fourth-order valence-corrected chi connectivity index (χ4v) is 3.51. The van der Waals surface area contributed by atoms with E-state index in [2.05, 4.69) is 6.92 Å². The Bertz CT molecular complexity index is 309. The van der Waals surface area contributed by atoms with Gasteiger partial charge in [-0.15, -0.1) is 0 Å². The summed E-state index contributed by atoms with van der Waals surface area (Å²) in [4.78, 5) is 13.9. The zero-order valence-electron chi connectivity index (χ0n) is 12.3. The van der Waals surface area contributed by atoms with Crippen molar-refractivity contribution in [1.82, 2.24) is 4.90 Å². The molecule has 3 nitrogen and oxygen atoms in total. The van der Waals surface area contributed by atoms with Crippen molar-refractivity contribution < 1.29 is 9.53 Å². The number of carbonyl (C=O) groups excluding carboxylic acids is 1. The Labute approximate surface area is 111 Å². The largest absolute Gasteiger partial charge is 0.444 e. The number of likely N-dealkylation sites (tertiary alicyclic amines) is 1. The third-order valence-corrected chi connectivity index (χ3v) is 4.76. The monoisotopic (exact) mass is 253 g/mol. The van der Waals surface area contributed by atoms with Crippen LogP contribution in [0.4, 0.5) is 4.79 Å². The van der Waals surface area contributed by atoms with Gasteiger partial charge in [0, 0.05) is 13.1 Å². The second-order valence-electron chi connectivity index (χ2n) is 6.97. The molecule has 1 unspecified atom stereocenters. The highest BCUT2D eigenvalue weighted by Gasteiger charge is 2.47. The van der Waals surface area contributed by atoms with E-state index in [1.807, 2.05) is 25.7 Å². The normalized spacial score (nSPS) is 26.9. The zero-order chi connectivity index (χ0) is 13.4. The van der Waals surface area contributed by atoms with Crippen molar-refractivity contribution in [3.8, 4) is 0 Å². The third-order valence-electron chi connectivity index (χ3n) is 4.76. The molecule has 2 fully saturated rings. The molecule has 0 radical (unpaired) electrons. The van der Waals surface area contributed by atoms with Crippen LogP contribution in [-0.2, 0) is 4.74 Å². The summed E-state index contributed by atoms with van der Waals surface area (Å²) >= 11 is 0. The summed E-state index contributed by atoms with van der Waals surface area (Å²) in [5, 5.41) is 0. The van der Waals surface area contributed by atoms with Crippen LogP contribution in [0.15, 0.2) is 0 Å². The van der Waals surface area contributed by atoms with E-state index < -0.39 is 0 Å². The molecule has 2 rings (SSSR count). The van der Waals surface area contributed by atoms with Crippen molar-refractivity contribution >= 4 is 6.09 Å². The number of hydrogen-bond donors (Lipinski definition) is 0. The fourth-order valence-electron chi connectivity index (χ4n) is 3.51. The Morgan fingerprint density at radius 2 is 1.89 bits per heavy atom. The molecule has 0 bridgehead atoms. The highest BCUT2D eigenvalue weighted by atomic mass is 16.6. The lowest BCUT2D eigenvalue weighted by Gasteiger charge is -2.54. The lowest BCUT2D eigenvalue weighted by atomic mass is 9.55.